The maximum Gasteiger partial charge on any atom is 0.141 e. The Kier molecular flexibility index (Phi) is 5.89. The minimum atomic E-state index is 0.114. The van der Waals surface area contributed by atoms with E-state index in [0.717, 1.165) is 29.0 Å². The summed E-state index contributed by atoms with van der Waals surface area (Å²) in [6.07, 6.45) is 2.60. The summed E-state index contributed by atoms with van der Waals surface area (Å²) in [5.74, 6) is 1.44. The zero-order valence-corrected chi connectivity index (χ0v) is 16.8. The van der Waals surface area contributed by atoms with E-state index in [1.165, 1.54) is 21.6 Å². The van der Waals surface area contributed by atoms with Crippen LogP contribution in [0.25, 0.3) is 21.3 Å². The summed E-state index contributed by atoms with van der Waals surface area (Å²) in [5.41, 5.74) is 3.81. The summed E-state index contributed by atoms with van der Waals surface area (Å²) in [4.78, 5) is 13.6. The van der Waals surface area contributed by atoms with Crippen LogP contribution < -0.4 is 4.90 Å². The number of aromatic nitrogens is 2. The van der Waals surface area contributed by atoms with Crippen LogP contribution in [-0.2, 0) is 6.42 Å². The van der Waals surface area contributed by atoms with Crippen molar-refractivity contribution in [2.24, 2.45) is 0 Å². The van der Waals surface area contributed by atoms with Crippen LogP contribution in [0.5, 0.6) is 0 Å². The van der Waals surface area contributed by atoms with Crippen LogP contribution in [0.1, 0.15) is 44.1 Å². The fourth-order valence-corrected chi connectivity index (χ4v) is 4.42. The van der Waals surface area contributed by atoms with Crippen molar-refractivity contribution in [1.29, 1.82) is 0 Å². The molecule has 0 saturated carbocycles. The number of thiophene rings is 1. The molecule has 0 bridgehead atoms. The molecule has 138 valence electrons. The Balaban J connectivity index is 2.22. The van der Waals surface area contributed by atoms with Crippen molar-refractivity contribution >= 4 is 27.4 Å². The number of hydrogen-bond acceptors (Lipinski definition) is 5. The van der Waals surface area contributed by atoms with Crippen LogP contribution in [0.2, 0.25) is 0 Å². The van der Waals surface area contributed by atoms with Gasteiger partial charge in [-0.3, -0.25) is 0 Å². The molecule has 0 saturated heterocycles. The molecule has 0 aliphatic carbocycles. The van der Waals surface area contributed by atoms with Gasteiger partial charge >= 0.3 is 0 Å². The van der Waals surface area contributed by atoms with Crippen LogP contribution in [0, 0.1) is 0 Å². The molecule has 1 aromatic carbocycles. The number of fused-ring (bicyclic) bond motifs is 1. The summed E-state index contributed by atoms with van der Waals surface area (Å²) in [6.45, 7) is 10.2. The molecule has 0 aliphatic rings. The topological polar surface area (TPSA) is 49.2 Å². The Morgan fingerprint density at radius 2 is 1.85 bits per heavy atom. The van der Waals surface area contributed by atoms with E-state index in [4.69, 9.17) is 0 Å². The van der Waals surface area contributed by atoms with Crippen molar-refractivity contribution < 1.29 is 5.11 Å². The maximum absolute atomic E-state index is 9.44. The van der Waals surface area contributed by atoms with Gasteiger partial charge in [-0.2, -0.15) is 0 Å². The number of rotatable bonds is 7. The molecule has 1 N–H and O–H groups in total. The highest BCUT2D eigenvalue weighted by atomic mass is 32.1. The summed E-state index contributed by atoms with van der Waals surface area (Å²) in [5, 5.41) is 10.6. The number of anilines is 1. The highest BCUT2D eigenvalue weighted by molar-refractivity contribution is 7.19. The van der Waals surface area contributed by atoms with Crippen molar-refractivity contribution in [1.82, 2.24) is 9.97 Å². The summed E-state index contributed by atoms with van der Waals surface area (Å²) in [6, 6.07) is 8.87. The number of hydrogen-bond donors (Lipinski definition) is 1. The first-order valence-electron chi connectivity index (χ1n) is 9.33. The van der Waals surface area contributed by atoms with Crippen molar-refractivity contribution in [2.75, 3.05) is 24.6 Å². The minimum Gasteiger partial charge on any atom is -0.395 e. The molecule has 3 rings (SSSR count). The molecular formula is C21H27N3OS. The molecule has 5 heteroatoms. The van der Waals surface area contributed by atoms with Gasteiger partial charge in [0, 0.05) is 23.5 Å². The van der Waals surface area contributed by atoms with E-state index >= 15 is 0 Å². The SMILES string of the molecule is CCc1sc2ncnc(N(CC)CCO)c2c1-c1ccc(C(C)C)cc1. The smallest absolute Gasteiger partial charge is 0.141 e. The molecule has 0 aliphatic heterocycles. The van der Waals surface area contributed by atoms with E-state index in [2.05, 4.69) is 66.8 Å². The van der Waals surface area contributed by atoms with Crippen molar-refractivity contribution in [3.63, 3.8) is 0 Å². The quantitative estimate of drug-likeness (QED) is 0.646. The maximum atomic E-state index is 9.44. The first-order chi connectivity index (χ1) is 12.6. The summed E-state index contributed by atoms with van der Waals surface area (Å²) in [7, 11) is 0. The van der Waals surface area contributed by atoms with Gasteiger partial charge in [0.1, 0.15) is 17.0 Å². The third kappa shape index (κ3) is 3.46. The van der Waals surface area contributed by atoms with E-state index < -0.39 is 0 Å². The van der Waals surface area contributed by atoms with Gasteiger partial charge in [0.25, 0.3) is 0 Å². The van der Waals surface area contributed by atoms with Crippen molar-refractivity contribution in [3.8, 4) is 11.1 Å². The van der Waals surface area contributed by atoms with E-state index in [1.54, 1.807) is 17.7 Å². The van der Waals surface area contributed by atoms with Crippen LogP contribution in [0.3, 0.4) is 0 Å². The van der Waals surface area contributed by atoms with E-state index in [9.17, 15) is 5.11 Å². The van der Waals surface area contributed by atoms with E-state index in [-0.39, 0.29) is 6.61 Å². The Labute approximate surface area is 159 Å². The standard InChI is InChI=1S/C21H27N3OS/c1-5-17-18(16-9-7-15(8-10-16)14(3)4)19-20(24(6-2)11-12-25)22-13-23-21(19)26-17/h7-10,13-14,25H,5-6,11-12H2,1-4H3. The molecule has 0 radical (unpaired) electrons. The molecule has 26 heavy (non-hydrogen) atoms. The fourth-order valence-electron chi connectivity index (χ4n) is 3.33. The van der Waals surface area contributed by atoms with Gasteiger partial charge in [-0.15, -0.1) is 11.3 Å². The van der Waals surface area contributed by atoms with Gasteiger partial charge in [0.15, 0.2) is 0 Å². The van der Waals surface area contributed by atoms with Crippen molar-refractivity contribution in [2.45, 2.75) is 40.0 Å². The second-order valence-electron chi connectivity index (χ2n) is 6.71. The molecule has 2 heterocycles. The van der Waals surface area contributed by atoms with Crippen LogP contribution >= 0.6 is 11.3 Å². The van der Waals surface area contributed by atoms with Gasteiger partial charge in [0.05, 0.1) is 12.0 Å². The molecule has 0 amide bonds. The van der Waals surface area contributed by atoms with E-state index in [0.29, 0.717) is 12.5 Å². The highest BCUT2D eigenvalue weighted by Crippen LogP contribution is 2.42. The normalized spacial score (nSPS) is 11.5. The molecule has 4 nitrogen and oxygen atoms in total. The molecule has 2 aromatic heterocycles. The zero-order chi connectivity index (χ0) is 18.7. The van der Waals surface area contributed by atoms with E-state index in [1.807, 2.05) is 0 Å². The lowest BCUT2D eigenvalue weighted by molar-refractivity contribution is 0.302. The third-order valence-corrected chi connectivity index (χ3v) is 6.02. The Bertz CT molecular complexity index is 871. The average molecular weight is 370 g/mol. The second kappa shape index (κ2) is 8.14. The predicted molar refractivity (Wildman–Crippen MR) is 111 cm³/mol. The monoisotopic (exact) mass is 369 g/mol. The zero-order valence-electron chi connectivity index (χ0n) is 16.0. The lowest BCUT2D eigenvalue weighted by Crippen LogP contribution is -2.27. The summed E-state index contributed by atoms with van der Waals surface area (Å²) >= 11 is 1.75. The second-order valence-corrected chi connectivity index (χ2v) is 7.79. The van der Waals surface area contributed by atoms with Gasteiger partial charge in [0.2, 0.25) is 0 Å². The van der Waals surface area contributed by atoms with Gasteiger partial charge in [-0.05, 0) is 30.4 Å². The van der Waals surface area contributed by atoms with Crippen LogP contribution in [0.15, 0.2) is 30.6 Å². The first-order valence-corrected chi connectivity index (χ1v) is 10.1. The molecule has 0 spiro atoms. The largest absolute Gasteiger partial charge is 0.395 e. The average Bonchev–Trinajstić information content (AvgIpc) is 3.05. The van der Waals surface area contributed by atoms with Gasteiger partial charge in [-0.1, -0.05) is 45.0 Å². The number of aliphatic hydroxyl groups excluding tert-OH is 1. The molecule has 3 aromatic rings. The molecule has 0 unspecified atom stereocenters. The summed E-state index contributed by atoms with van der Waals surface area (Å²) < 4.78 is 0. The number of nitrogens with zero attached hydrogens (tertiary/aromatic N) is 3. The van der Waals surface area contributed by atoms with Crippen LogP contribution in [0.4, 0.5) is 5.82 Å². The lowest BCUT2D eigenvalue weighted by Gasteiger charge is -2.22. The first kappa shape index (κ1) is 18.8. The minimum absolute atomic E-state index is 0.114. The Morgan fingerprint density at radius 3 is 2.42 bits per heavy atom. The number of aliphatic hydroxyl groups is 1. The predicted octanol–water partition coefficient (Wildman–Crippen LogP) is 4.86. The Morgan fingerprint density at radius 1 is 1.12 bits per heavy atom. The Hall–Kier alpha value is -1.98. The molecule has 0 atom stereocenters. The molecule has 0 fully saturated rings. The number of aryl methyl sites for hydroxylation is 1. The number of likely N-dealkylation sites (N-methyl/N-ethyl adjacent to an activating group) is 1. The van der Waals surface area contributed by atoms with Crippen LogP contribution in [-0.4, -0.2) is 34.8 Å². The lowest BCUT2D eigenvalue weighted by atomic mass is 9.97. The molecular weight excluding hydrogens is 342 g/mol. The number of benzene rings is 1. The van der Waals surface area contributed by atoms with Gasteiger partial charge in [-0.25, -0.2) is 9.97 Å². The fraction of sp³-hybridized carbons (Fsp3) is 0.429. The third-order valence-electron chi connectivity index (χ3n) is 4.78. The van der Waals surface area contributed by atoms with Crippen molar-refractivity contribution in [3.05, 3.63) is 41.0 Å². The highest BCUT2D eigenvalue weighted by Gasteiger charge is 2.20. The van der Waals surface area contributed by atoms with Gasteiger partial charge < -0.3 is 10.0 Å².